The molecule has 0 spiro atoms. The molecule has 2 aromatic rings. The first-order chi connectivity index (χ1) is 12.3. The van der Waals surface area contributed by atoms with Crippen molar-refractivity contribution in [1.82, 2.24) is 24.6 Å². The molecule has 1 amide bonds. The first-order valence-corrected chi connectivity index (χ1v) is 8.94. The SMILES string of the molecule is Cc1nc(=O)[nH]c(C)c1CCC(=O)N1CCCn2nc([C@@H](C)O)cc2C1. The number of aromatic amines is 1. The topological polar surface area (TPSA) is 104 Å². The van der Waals surface area contributed by atoms with Crippen LogP contribution >= 0.6 is 0 Å². The number of amides is 1. The van der Waals surface area contributed by atoms with Crippen molar-refractivity contribution < 1.29 is 9.90 Å². The second kappa shape index (κ2) is 7.41. The highest BCUT2D eigenvalue weighted by Gasteiger charge is 2.22. The number of hydrogen-bond donors (Lipinski definition) is 2. The molecule has 0 aromatic carbocycles. The summed E-state index contributed by atoms with van der Waals surface area (Å²) in [6.07, 6.45) is 1.14. The lowest BCUT2D eigenvalue weighted by molar-refractivity contribution is -0.131. The van der Waals surface area contributed by atoms with E-state index in [-0.39, 0.29) is 11.6 Å². The fourth-order valence-corrected chi connectivity index (χ4v) is 3.41. The molecule has 2 N–H and O–H groups in total. The molecule has 8 nitrogen and oxygen atoms in total. The van der Waals surface area contributed by atoms with E-state index in [1.165, 1.54) is 0 Å². The maximum Gasteiger partial charge on any atom is 0.345 e. The Morgan fingerprint density at radius 2 is 2.15 bits per heavy atom. The summed E-state index contributed by atoms with van der Waals surface area (Å²) < 4.78 is 1.88. The first-order valence-electron chi connectivity index (χ1n) is 8.94. The number of aliphatic hydroxyl groups is 1. The average Bonchev–Trinajstić information content (AvgIpc) is 2.86. The minimum Gasteiger partial charge on any atom is -0.387 e. The standard InChI is InChI=1S/C18H25N5O3/c1-11-15(12(2)20-18(26)19-11)5-6-17(25)22-7-4-8-23-14(10-22)9-16(21-23)13(3)24/h9,13,24H,4-8,10H2,1-3H3,(H,19,20,26)/t13-/m1/s1. The third-order valence-corrected chi connectivity index (χ3v) is 4.86. The maximum absolute atomic E-state index is 12.7. The highest BCUT2D eigenvalue weighted by molar-refractivity contribution is 5.76. The van der Waals surface area contributed by atoms with Crippen LogP contribution in [0.1, 0.15) is 54.2 Å². The molecule has 1 aliphatic rings. The van der Waals surface area contributed by atoms with Crippen molar-refractivity contribution >= 4 is 5.91 Å². The van der Waals surface area contributed by atoms with Gasteiger partial charge in [0.1, 0.15) is 0 Å². The van der Waals surface area contributed by atoms with Crippen LogP contribution in [0, 0.1) is 13.8 Å². The predicted octanol–water partition coefficient (Wildman–Crippen LogP) is 1.00. The molecule has 0 radical (unpaired) electrons. The van der Waals surface area contributed by atoms with Gasteiger partial charge in [0.15, 0.2) is 0 Å². The summed E-state index contributed by atoms with van der Waals surface area (Å²) in [6.45, 7) is 7.25. The van der Waals surface area contributed by atoms with Crippen molar-refractivity contribution in [2.45, 2.75) is 59.2 Å². The highest BCUT2D eigenvalue weighted by Crippen LogP contribution is 2.19. The fraction of sp³-hybridized carbons (Fsp3) is 0.556. The summed E-state index contributed by atoms with van der Waals surface area (Å²) in [7, 11) is 0. The molecule has 1 atom stereocenters. The Balaban J connectivity index is 1.69. The molecular weight excluding hydrogens is 334 g/mol. The zero-order valence-electron chi connectivity index (χ0n) is 15.4. The molecule has 8 heteroatoms. The summed E-state index contributed by atoms with van der Waals surface area (Å²) in [5, 5.41) is 14.1. The lowest BCUT2D eigenvalue weighted by Crippen LogP contribution is -2.31. The Morgan fingerprint density at radius 1 is 1.38 bits per heavy atom. The van der Waals surface area contributed by atoms with Gasteiger partial charge >= 0.3 is 5.69 Å². The molecule has 140 valence electrons. The molecule has 0 fully saturated rings. The van der Waals surface area contributed by atoms with Crippen molar-refractivity contribution in [2.75, 3.05) is 6.54 Å². The lowest BCUT2D eigenvalue weighted by atomic mass is 10.1. The molecule has 0 saturated carbocycles. The van der Waals surface area contributed by atoms with E-state index in [1.54, 1.807) is 13.8 Å². The van der Waals surface area contributed by atoms with Gasteiger partial charge in [0.2, 0.25) is 5.91 Å². The summed E-state index contributed by atoms with van der Waals surface area (Å²) in [5.74, 6) is 0.0725. The predicted molar refractivity (Wildman–Crippen MR) is 95.5 cm³/mol. The number of carbonyl (C=O) groups is 1. The van der Waals surface area contributed by atoms with Crippen molar-refractivity contribution in [3.63, 3.8) is 0 Å². The molecule has 26 heavy (non-hydrogen) atoms. The van der Waals surface area contributed by atoms with Crippen LogP contribution in [0.5, 0.6) is 0 Å². The van der Waals surface area contributed by atoms with Crippen LogP contribution in [0.3, 0.4) is 0 Å². The molecule has 2 aromatic heterocycles. The second-order valence-electron chi connectivity index (χ2n) is 6.86. The molecule has 3 heterocycles. The van der Waals surface area contributed by atoms with Crippen LogP contribution in [0.25, 0.3) is 0 Å². The number of aromatic nitrogens is 4. The number of H-pyrrole nitrogens is 1. The van der Waals surface area contributed by atoms with E-state index < -0.39 is 6.10 Å². The van der Waals surface area contributed by atoms with Crippen molar-refractivity contribution in [3.8, 4) is 0 Å². The summed E-state index contributed by atoms with van der Waals surface area (Å²) >= 11 is 0. The second-order valence-corrected chi connectivity index (χ2v) is 6.86. The van der Waals surface area contributed by atoms with Crippen LogP contribution in [0.2, 0.25) is 0 Å². The maximum atomic E-state index is 12.7. The van der Waals surface area contributed by atoms with Gasteiger partial charge < -0.3 is 15.0 Å². The van der Waals surface area contributed by atoms with Gasteiger partial charge in [0.25, 0.3) is 0 Å². The molecule has 0 bridgehead atoms. The Morgan fingerprint density at radius 3 is 2.85 bits per heavy atom. The quantitative estimate of drug-likeness (QED) is 0.847. The van der Waals surface area contributed by atoms with Gasteiger partial charge in [-0.2, -0.15) is 10.1 Å². The van der Waals surface area contributed by atoms with Gasteiger partial charge in [0, 0.05) is 30.9 Å². The number of aliphatic hydroxyl groups excluding tert-OH is 1. The zero-order chi connectivity index (χ0) is 18.8. The molecule has 0 saturated heterocycles. The molecule has 3 rings (SSSR count). The van der Waals surface area contributed by atoms with Gasteiger partial charge in [-0.05, 0) is 45.2 Å². The van der Waals surface area contributed by atoms with E-state index >= 15 is 0 Å². The van der Waals surface area contributed by atoms with Gasteiger partial charge in [-0.1, -0.05) is 0 Å². The van der Waals surface area contributed by atoms with Crippen LogP contribution in [-0.4, -0.2) is 42.2 Å². The number of nitrogens with one attached hydrogen (secondary N) is 1. The Hall–Kier alpha value is -2.48. The number of rotatable bonds is 4. The van der Waals surface area contributed by atoms with Gasteiger partial charge in [-0.3, -0.25) is 9.48 Å². The average molecular weight is 359 g/mol. The monoisotopic (exact) mass is 359 g/mol. The summed E-state index contributed by atoms with van der Waals surface area (Å²) in [6, 6.07) is 1.87. The lowest BCUT2D eigenvalue weighted by Gasteiger charge is -2.20. The van der Waals surface area contributed by atoms with Crippen molar-refractivity contribution in [1.29, 1.82) is 0 Å². The number of fused-ring (bicyclic) bond motifs is 1. The minimum absolute atomic E-state index is 0.0725. The number of nitrogens with zero attached hydrogens (tertiary/aromatic N) is 4. The van der Waals surface area contributed by atoms with Crippen LogP contribution < -0.4 is 5.69 Å². The minimum atomic E-state index is -0.614. The third kappa shape index (κ3) is 3.85. The van der Waals surface area contributed by atoms with Gasteiger partial charge in [-0.15, -0.1) is 0 Å². The van der Waals surface area contributed by atoms with Gasteiger partial charge in [-0.25, -0.2) is 4.79 Å². The van der Waals surface area contributed by atoms with E-state index in [1.807, 2.05) is 22.6 Å². The third-order valence-electron chi connectivity index (χ3n) is 4.86. The number of hydrogen-bond acceptors (Lipinski definition) is 5. The van der Waals surface area contributed by atoms with E-state index in [2.05, 4.69) is 15.1 Å². The molecule has 0 unspecified atom stereocenters. The van der Waals surface area contributed by atoms with Crippen LogP contribution in [0.15, 0.2) is 10.9 Å². The zero-order valence-corrected chi connectivity index (χ0v) is 15.4. The molecular formula is C18H25N5O3. The highest BCUT2D eigenvalue weighted by atomic mass is 16.3. The molecule has 0 aliphatic carbocycles. The normalized spacial score (nSPS) is 15.5. The Kier molecular flexibility index (Phi) is 5.22. The van der Waals surface area contributed by atoms with Crippen molar-refractivity contribution in [2.24, 2.45) is 0 Å². The summed E-state index contributed by atoms with van der Waals surface area (Å²) in [4.78, 5) is 32.6. The largest absolute Gasteiger partial charge is 0.387 e. The van der Waals surface area contributed by atoms with E-state index in [0.29, 0.717) is 37.3 Å². The fourth-order valence-electron chi connectivity index (χ4n) is 3.41. The van der Waals surface area contributed by atoms with Crippen molar-refractivity contribution in [3.05, 3.63) is 44.9 Å². The van der Waals surface area contributed by atoms with Crippen LogP contribution in [-0.2, 0) is 24.3 Å². The van der Waals surface area contributed by atoms with Crippen LogP contribution in [0.4, 0.5) is 0 Å². The van der Waals surface area contributed by atoms with E-state index in [4.69, 9.17) is 0 Å². The Labute approximate surface area is 151 Å². The smallest absolute Gasteiger partial charge is 0.345 e. The first kappa shape index (κ1) is 18.3. The van der Waals surface area contributed by atoms with E-state index in [9.17, 15) is 14.7 Å². The molecule has 1 aliphatic heterocycles. The number of carbonyl (C=O) groups excluding carboxylic acids is 1. The number of aryl methyl sites for hydroxylation is 3. The Bertz CT molecular complexity index is 842. The summed E-state index contributed by atoms with van der Waals surface area (Å²) in [5.41, 5.74) is 3.60. The van der Waals surface area contributed by atoms with E-state index in [0.717, 1.165) is 29.9 Å². The van der Waals surface area contributed by atoms with Gasteiger partial charge in [0.05, 0.1) is 24.0 Å².